The summed E-state index contributed by atoms with van der Waals surface area (Å²) >= 11 is 0. The van der Waals surface area contributed by atoms with Gasteiger partial charge in [-0.05, 0) is 38.8 Å². The Hall–Kier alpha value is -3.20. The Morgan fingerprint density at radius 3 is 2.79 bits per heavy atom. The summed E-state index contributed by atoms with van der Waals surface area (Å²) in [6.45, 7) is 7.76. The Morgan fingerprint density at radius 2 is 2.03 bits per heavy atom. The number of urea groups is 1. The summed E-state index contributed by atoms with van der Waals surface area (Å²) in [6.07, 6.45) is 8.40. The SMILES string of the molecule is CCN1C2CCC1CN(c1ccnc3c1CCN3C(=O)Nc1cn3cc(C)nc3cc1F)C2. The van der Waals surface area contributed by atoms with Gasteiger partial charge < -0.3 is 14.6 Å². The minimum atomic E-state index is -0.508. The highest BCUT2D eigenvalue weighted by molar-refractivity contribution is 6.03. The molecule has 0 aliphatic carbocycles. The van der Waals surface area contributed by atoms with E-state index in [9.17, 15) is 9.18 Å². The summed E-state index contributed by atoms with van der Waals surface area (Å²) in [7, 11) is 0. The third kappa shape index (κ3) is 3.33. The first-order chi connectivity index (χ1) is 16.0. The monoisotopic (exact) mass is 449 g/mol. The molecule has 6 heterocycles. The van der Waals surface area contributed by atoms with Gasteiger partial charge in [-0.25, -0.2) is 19.2 Å². The first-order valence-corrected chi connectivity index (χ1v) is 11.7. The van der Waals surface area contributed by atoms with Crippen LogP contribution in [0.1, 0.15) is 31.0 Å². The Kier molecular flexibility index (Phi) is 4.76. The van der Waals surface area contributed by atoms with E-state index in [2.05, 4.69) is 38.1 Å². The maximum absolute atomic E-state index is 14.6. The molecule has 3 aromatic rings. The van der Waals surface area contributed by atoms with Crippen LogP contribution in [0.3, 0.4) is 0 Å². The van der Waals surface area contributed by atoms with E-state index in [0.717, 1.165) is 37.3 Å². The Balaban J connectivity index is 1.24. The van der Waals surface area contributed by atoms with E-state index in [1.807, 2.05) is 6.92 Å². The number of rotatable bonds is 3. The first kappa shape index (κ1) is 20.4. The van der Waals surface area contributed by atoms with Gasteiger partial charge in [0.1, 0.15) is 11.5 Å². The molecule has 6 rings (SSSR count). The lowest BCUT2D eigenvalue weighted by molar-refractivity contribution is 0.179. The number of amides is 2. The predicted octanol–water partition coefficient (Wildman–Crippen LogP) is 3.44. The fraction of sp³-hybridized carbons (Fsp3) is 0.458. The molecule has 0 radical (unpaired) electrons. The summed E-state index contributed by atoms with van der Waals surface area (Å²) in [4.78, 5) is 28.6. The number of nitrogens with one attached hydrogen (secondary N) is 1. The van der Waals surface area contributed by atoms with E-state index in [4.69, 9.17) is 0 Å². The summed E-state index contributed by atoms with van der Waals surface area (Å²) in [5, 5.41) is 2.73. The number of imidazole rings is 1. The Labute approximate surface area is 192 Å². The lowest BCUT2D eigenvalue weighted by atomic mass is 10.1. The molecule has 8 nitrogen and oxygen atoms in total. The van der Waals surface area contributed by atoms with Crippen molar-refractivity contribution in [2.75, 3.05) is 41.3 Å². The van der Waals surface area contributed by atoms with E-state index in [1.54, 1.807) is 27.9 Å². The number of carbonyl (C=O) groups is 1. The average Bonchev–Trinajstić information content (AvgIpc) is 3.45. The van der Waals surface area contributed by atoms with Crippen molar-refractivity contribution in [2.45, 2.75) is 45.2 Å². The number of aromatic nitrogens is 3. The predicted molar refractivity (Wildman–Crippen MR) is 126 cm³/mol. The summed E-state index contributed by atoms with van der Waals surface area (Å²) in [5.74, 6) is 0.169. The molecule has 33 heavy (non-hydrogen) atoms. The van der Waals surface area contributed by atoms with Crippen LogP contribution >= 0.6 is 0 Å². The van der Waals surface area contributed by atoms with Crippen molar-refractivity contribution in [2.24, 2.45) is 0 Å². The number of piperazine rings is 1. The van der Waals surface area contributed by atoms with E-state index in [0.29, 0.717) is 30.1 Å². The van der Waals surface area contributed by atoms with Gasteiger partial charge in [-0.3, -0.25) is 9.80 Å². The number of aryl methyl sites for hydroxylation is 1. The molecule has 3 aromatic heterocycles. The molecule has 0 spiro atoms. The highest BCUT2D eigenvalue weighted by Crippen LogP contribution is 2.38. The smallest absolute Gasteiger partial charge is 0.327 e. The molecule has 3 aliphatic heterocycles. The fourth-order valence-corrected chi connectivity index (χ4v) is 5.88. The fourth-order valence-electron chi connectivity index (χ4n) is 5.88. The number of hydrogen-bond donors (Lipinski definition) is 1. The van der Waals surface area contributed by atoms with Crippen molar-refractivity contribution in [3.63, 3.8) is 0 Å². The second-order valence-electron chi connectivity index (χ2n) is 9.27. The van der Waals surface area contributed by atoms with Crippen LogP contribution in [0.25, 0.3) is 5.65 Å². The van der Waals surface area contributed by atoms with Gasteiger partial charge in [0.25, 0.3) is 0 Å². The molecule has 2 amide bonds. The number of halogens is 1. The Bertz CT molecular complexity index is 1230. The standard InChI is InChI=1S/C24H28FN7O/c1-3-31-16-4-5-17(31)13-29(12-16)21-6-8-26-23-18(21)7-9-32(23)24(33)28-20-14-30-11-15(2)27-22(30)10-19(20)25/h6,8,10-11,14,16-17H,3-5,7,9,12-13H2,1-2H3,(H,28,33). The minimum absolute atomic E-state index is 0.127. The molecule has 2 unspecified atom stereocenters. The van der Waals surface area contributed by atoms with Gasteiger partial charge in [-0.15, -0.1) is 0 Å². The van der Waals surface area contributed by atoms with E-state index in [1.165, 1.54) is 24.6 Å². The van der Waals surface area contributed by atoms with Crippen molar-refractivity contribution in [3.05, 3.63) is 47.8 Å². The molecule has 172 valence electrons. The molecule has 1 N–H and O–H groups in total. The Morgan fingerprint density at radius 1 is 1.24 bits per heavy atom. The van der Waals surface area contributed by atoms with Gasteiger partial charge in [0.15, 0.2) is 5.82 Å². The van der Waals surface area contributed by atoms with Crippen molar-refractivity contribution >= 4 is 28.9 Å². The maximum Gasteiger partial charge on any atom is 0.327 e. The van der Waals surface area contributed by atoms with Crippen LogP contribution in [0.4, 0.5) is 26.4 Å². The van der Waals surface area contributed by atoms with E-state index < -0.39 is 5.82 Å². The van der Waals surface area contributed by atoms with E-state index in [-0.39, 0.29) is 11.7 Å². The molecule has 2 bridgehead atoms. The van der Waals surface area contributed by atoms with Gasteiger partial charge in [-0.2, -0.15) is 0 Å². The second kappa shape index (κ2) is 7.69. The molecule has 2 fully saturated rings. The molecule has 0 saturated carbocycles. The summed E-state index contributed by atoms with van der Waals surface area (Å²) in [5.41, 5.74) is 3.72. The zero-order valence-electron chi connectivity index (χ0n) is 19.0. The molecular weight excluding hydrogens is 421 g/mol. The van der Waals surface area contributed by atoms with Crippen LogP contribution in [0.5, 0.6) is 0 Å². The molecule has 2 saturated heterocycles. The maximum atomic E-state index is 14.6. The largest absolute Gasteiger partial charge is 0.368 e. The van der Waals surface area contributed by atoms with Crippen LogP contribution in [-0.2, 0) is 6.42 Å². The van der Waals surface area contributed by atoms with Crippen molar-refractivity contribution in [1.82, 2.24) is 19.3 Å². The number of pyridine rings is 2. The molecule has 3 aliphatic rings. The van der Waals surface area contributed by atoms with Crippen LogP contribution in [-0.4, -0.2) is 63.6 Å². The number of anilines is 3. The molecule has 0 aromatic carbocycles. The summed E-state index contributed by atoms with van der Waals surface area (Å²) in [6, 6.07) is 4.24. The van der Waals surface area contributed by atoms with Gasteiger partial charge in [-0.1, -0.05) is 6.92 Å². The molecule has 9 heteroatoms. The van der Waals surface area contributed by atoms with Crippen LogP contribution < -0.4 is 15.1 Å². The highest BCUT2D eigenvalue weighted by Gasteiger charge is 2.40. The van der Waals surface area contributed by atoms with Crippen molar-refractivity contribution < 1.29 is 9.18 Å². The third-order valence-corrected chi connectivity index (χ3v) is 7.34. The van der Waals surface area contributed by atoms with Gasteiger partial charge >= 0.3 is 6.03 Å². The highest BCUT2D eigenvalue weighted by atomic mass is 19.1. The quantitative estimate of drug-likeness (QED) is 0.664. The average molecular weight is 450 g/mol. The van der Waals surface area contributed by atoms with Crippen molar-refractivity contribution in [1.29, 1.82) is 0 Å². The summed E-state index contributed by atoms with van der Waals surface area (Å²) < 4.78 is 16.3. The van der Waals surface area contributed by atoms with Crippen LogP contribution in [0, 0.1) is 12.7 Å². The first-order valence-electron chi connectivity index (χ1n) is 11.7. The zero-order valence-corrected chi connectivity index (χ0v) is 19.0. The molecule has 2 atom stereocenters. The third-order valence-electron chi connectivity index (χ3n) is 7.34. The number of carbonyl (C=O) groups excluding carboxylic acids is 1. The van der Waals surface area contributed by atoms with Gasteiger partial charge in [0.2, 0.25) is 0 Å². The zero-order chi connectivity index (χ0) is 22.7. The van der Waals surface area contributed by atoms with Crippen molar-refractivity contribution in [3.8, 4) is 0 Å². The van der Waals surface area contributed by atoms with E-state index >= 15 is 0 Å². The second-order valence-corrected chi connectivity index (χ2v) is 9.27. The topological polar surface area (TPSA) is 69.0 Å². The van der Waals surface area contributed by atoms with Crippen LogP contribution in [0.2, 0.25) is 0 Å². The van der Waals surface area contributed by atoms with Gasteiger partial charge in [0, 0.05) is 67.6 Å². The number of hydrogen-bond acceptors (Lipinski definition) is 5. The lowest BCUT2D eigenvalue weighted by Crippen LogP contribution is -2.53. The lowest BCUT2D eigenvalue weighted by Gasteiger charge is -2.42. The normalized spacial score (nSPS) is 22.3. The molecular formula is C24H28FN7O. The number of likely N-dealkylation sites (N-methyl/N-ethyl adjacent to an activating group) is 1. The van der Waals surface area contributed by atoms with Crippen LogP contribution in [0.15, 0.2) is 30.7 Å². The van der Waals surface area contributed by atoms with Gasteiger partial charge in [0.05, 0.1) is 11.4 Å². The minimum Gasteiger partial charge on any atom is -0.368 e. The number of fused-ring (bicyclic) bond motifs is 4. The number of nitrogens with zero attached hydrogens (tertiary/aromatic N) is 6.